The van der Waals surface area contributed by atoms with Gasteiger partial charge in [0.05, 0.1) is 37.6 Å². The van der Waals surface area contributed by atoms with Crippen LogP contribution in [0.2, 0.25) is 0 Å². The first-order chi connectivity index (χ1) is 25.6. The fourth-order valence-electron chi connectivity index (χ4n) is 4.48. The first kappa shape index (κ1) is 40.9. The monoisotopic (exact) mass is 746 g/mol. The number of oxazole rings is 1. The number of nitrogens with zero attached hydrogens (tertiary/aromatic N) is 4. The molecule has 0 bridgehead atoms. The highest BCUT2D eigenvalue weighted by atomic mass is 16.6. The number of anilines is 2. The van der Waals surface area contributed by atoms with E-state index in [1.165, 1.54) is 11.1 Å². The highest BCUT2D eigenvalue weighted by Gasteiger charge is 2.31. The molecule has 54 heavy (non-hydrogen) atoms. The van der Waals surface area contributed by atoms with Crippen LogP contribution in [0.1, 0.15) is 81.1 Å². The second-order valence-electron chi connectivity index (χ2n) is 14.1. The van der Waals surface area contributed by atoms with E-state index in [9.17, 15) is 19.2 Å². The third-order valence-corrected chi connectivity index (χ3v) is 7.04. The lowest BCUT2D eigenvalue weighted by atomic mass is 10.2. The number of H-pyrrole nitrogens is 1. The molecular weight excluding hydrogens is 700 g/mol. The van der Waals surface area contributed by atoms with Gasteiger partial charge in [-0.2, -0.15) is 5.10 Å². The minimum absolute atomic E-state index is 0.0446. The van der Waals surface area contributed by atoms with Crippen LogP contribution in [-0.4, -0.2) is 94.9 Å². The molecule has 288 valence electrons. The number of aromatic amines is 1. The van der Waals surface area contributed by atoms with Gasteiger partial charge in [0.15, 0.2) is 11.4 Å². The van der Waals surface area contributed by atoms with Crippen molar-refractivity contribution in [3.05, 3.63) is 41.7 Å². The topological polar surface area (TPSA) is 226 Å². The van der Waals surface area contributed by atoms with Crippen LogP contribution < -0.4 is 21.3 Å². The zero-order chi connectivity index (χ0) is 39.3. The molecule has 4 amide bonds. The average Bonchev–Trinajstić information content (AvgIpc) is 3.61. The highest BCUT2D eigenvalue weighted by molar-refractivity contribution is 6.07. The predicted octanol–water partition coefficient (Wildman–Crippen LogP) is 4.07. The van der Waals surface area contributed by atoms with E-state index in [-0.39, 0.29) is 36.0 Å². The average molecular weight is 747 g/mol. The number of carbonyl (C=O) groups is 4. The van der Waals surface area contributed by atoms with Crippen molar-refractivity contribution in [1.82, 2.24) is 25.5 Å². The van der Waals surface area contributed by atoms with E-state index >= 15 is 0 Å². The standard InChI is InChI=1S/C37H46N8O9/c1-36(2,3)53-34(48)40-16-18-51-20-19-50-17-10-8-7-9-11-26-29(30(31(38)46)44-43-26)42-32(47)27-23-52-33(41-27)25-14-15-39-28(21-25)45(22-24-12-13-24)35(49)54-37(4,5)6/h14-15,21,23-24H,11-13,16-20,22H2,1-6H3,(H2,38,46)(H,40,48)(H,42,47)(H,43,44). The smallest absolute Gasteiger partial charge is 0.416 e. The van der Waals surface area contributed by atoms with Gasteiger partial charge in [-0.05, 0) is 84.3 Å². The van der Waals surface area contributed by atoms with Crippen LogP contribution in [0, 0.1) is 29.6 Å². The molecular formula is C37H46N8O9. The van der Waals surface area contributed by atoms with Gasteiger partial charge in [-0.1, -0.05) is 11.8 Å². The summed E-state index contributed by atoms with van der Waals surface area (Å²) in [5.74, 6) is 10.2. The largest absolute Gasteiger partial charge is 0.444 e. The molecule has 4 rings (SSSR count). The summed E-state index contributed by atoms with van der Waals surface area (Å²) in [6.07, 6.45) is 3.74. The van der Waals surface area contributed by atoms with E-state index in [0.717, 1.165) is 19.1 Å². The number of amides is 4. The van der Waals surface area contributed by atoms with Gasteiger partial charge in [-0.15, -0.1) is 0 Å². The summed E-state index contributed by atoms with van der Waals surface area (Å²) >= 11 is 0. The van der Waals surface area contributed by atoms with Crippen molar-refractivity contribution in [2.45, 2.75) is 72.0 Å². The first-order valence-electron chi connectivity index (χ1n) is 17.3. The highest BCUT2D eigenvalue weighted by Crippen LogP contribution is 2.33. The fourth-order valence-corrected chi connectivity index (χ4v) is 4.48. The van der Waals surface area contributed by atoms with Crippen molar-refractivity contribution in [3.63, 3.8) is 0 Å². The SMILES string of the molecule is CC(C)(C)OC(=O)NCCOCCOCC#CC#CCc1[nH]nc(C(N)=O)c1NC(=O)c1coc(-c2ccnc(N(CC3CC3)C(=O)OC(C)(C)C)c2)n1. The number of carbonyl (C=O) groups excluding carboxylic acids is 4. The van der Waals surface area contributed by atoms with Gasteiger partial charge in [-0.25, -0.2) is 19.6 Å². The Morgan fingerprint density at radius 3 is 2.44 bits per heavy atom. The van der Waals surface area contributed by atoms with Crippen molar-refractivity contribution < 1.29 is 42.5 Å². The van der Waals surface area contributed by atoms with Crippen molar-refractivity contribution >= 4 is 35.5 Å². The van der Waals surface area contributed by atoms with Gasteiger partial charge >= 0.3 is 12.2 Å². The third-order valence-electron chi connectivity index (χ3n) is 7.04. The lowest BCUT2D eigenvalue weighted by molar-refractivity contribution is 0.0442. The molecule has 5 N–H and O–H groups in total. The number of nitrogens with two attached hydrogens (primary N) is 1. The van der Waals surface area contributed by atoms with E-state index in [1.54, 1.807) is 53.7 Å². The van der Waals surface area contributed by atoms with Crippen molar-refractivity contribution in [3.8, 4) is 35.1 Å². The van der Waals surface area contributed by atoms with Crippen LogP contribution in [0.25, 0.3) is 11.5 Å². The summed E-state index contributed by atoms with van der Waals surface area (Å²) in [5.41, 5.74) is 4.80. The molecule has 0 aromatic carbocycles. The fraction of sp³-hybridized carbons (Fsp3) is 0.486. The number of hydrogen-bond donors (Lipinski definition) is 4. The number of aromatic nitrogens is 4. The molecule has 1 fully saturated rings. The van der Waals surface area contributed by atoms with Gasteiger partial charge in [0.2, 0.25) is 5.89 Å². The number of alkyl carbamates (subject to hydrolysis) is 1. The summed E-state index contributed by atoms with van der Waals surface area (Å²) in [6.45, 7) is 12.5. The Hall–Kier alpha value is -5.91. The zero-order valence-electron chi connectivity index (χ0n) is 31.3. The summed E-state index contributed by atoms with van der Waals surface area (Å²) in [5, 5.41) is 11.8. The molecule has 3 heterocycles. The Morgan fingerprint density at radius 1 is 1.02 bits per heavy atom. The van der Waals surface area contributed by atoms with Gasteiger partial charge < -0.3 is 39.7 Å². The predicted molar refractivity (Wildman–Crippen MR) is 196 cm³/mol. The van der Waals surface area contributed by atoms with Crippen LogP contribution in [-0.2, 0) is 25.4 Å². The van der Waals surface area contributed by atoms with E-state index in [4.69, 9.17) is 29.1 Å². The third kappa shape index (κ3) is 13.6. The van der Waals surface area contributed by atoms with Crippen LogP contribution in [0.15, 0.2) is 29.0 Å². The van der Waals surface area contributed by atoms with Gasteiger partial charge in [0, 0.05) is 24.8 Å². The maximum Gasteiger partial charge on any atom is 0.416 e. The lowest BCUT2D eigenvalue weighted by Crippen LogP contribution is -2.38. The van der Waals surface area contributed by atoms with E-state index in [1.807, 2.05) is 0 Å². The molecule has 0 saturated heterocycles. The number of nitrogens with one attached hydrogen (secondary N) is 3. The van der Waals surface area contributed by atoms with E-state index in [2.05, 4.69) is 54.5 Å². The van der Waals surface area contributed by atoms with Crippen molar-refractivity contribution in [2.75, 3.05) is 49.7 Å². The Kier molecular flexibility index (Phi) is 14.2. The number of ether oxygens (including phenoxy) is 4. The maximum atomic E-state index is 13.2. The molecule has 17 heteroatoms. The molecule has 0 unspecified atom stereocenters. The number of rotatable bonds is 15. The van der Waals surface area contributed by atoms with Crippen LogP contribution in [0.3, 0.4) is 0 Å². The van der Waals surface area contributed by atoms with Crippen LogP contribution >= 0.6 is 0 Å². The Morgan fingerprint density at radius 2 is 1.74 bits per heavy atom. The Bertz CT molecular complexity index is 1910. The molecule has 1 aliphatic carbocycles. The summed E-state index contributed by atoms with van der Waals surface area (Å²) in [7, 11) is 0. The Labute approximate surface area is 313 Å². The molecule has 3 aromatic rings. The summed E-state index contributed by atoms with van der Waals surface area (Å²) < 4.78 is 27.1. The molecule has 0 spiro atoms. The maximum absolute atomic E-state index is 13.2. The van der Waals surface area contributed by atoms with Crippen molar-refractivity contribution in [1.29, 1.82) is 0 Å². The molecule has 0 radical (unpaired) electrons. The number of pyridine rings is 1. The number of hydrogen-bond acceptors (Lipinski definition) is 12. The lowest BCUT2D eigenvalue weighted by Gasteiger charge is -2.27. The molecule has 1 aliphatic rings. The second-order valence-corrected chi connectivity index (χ2v) is 14.1. The molecule has 17 nitrogen and oxygen atoms in total. The first-order valence-corrected chi connectivity index (χ1v) is 17.3. The molecule has 1 saturated carbocycles. The van der Waals surface area contributed by atoms with E-state index < -0.39 is 35.2 Å². The molecule has 3 aromatic heterocycles. The van der Waals surface area contributed by atoms with Gasteiger partial charge in [0.25, 0.3) is 11.8 Å². The minimum atomic E-state index is -0.869. The van der Waals surface area contributed by atoms with Gasteiger partial charge in [-0.3, -0.25) is 19.6 Å². The molecule has 0 aliphatic heterocycles. The number of primary amides is 1. The van der Waals surface area contributed by atoms with Gasteiger partial charge in [0.1, 0.15) is 29.9 Å². The van der Waals surface area contributed by atoms with Crippen molar-refractivity contribution in [2.24, 2.45) is 11.7 Å². The quantitative estimate of drug-likeness (QED) is 0.128. The normalized spacial score (nSPS) is 12.4. The minimum Gasteiger partial charge on any atom is -0.444 e. The summed E-state index contributed by atoms with van der Waals surface area (Å²) in [4.78, 5) is 60.1. The van der Waals surface area contributed by atoms with E-state index in [0.29, 0.717) is 55.9 Å². The second kappa shape index (κ2) is 18.7. The zero-order valence-corrected chi connectivity index (χ0v) is 31.3. The van der Waals surface area contributed by atoms with Crippen LogP contribution in [0.4, 0.5) is 21.1 Å². The van der Waals surface area contributed by atoms with Crippen LogP contribution in [0.5, 0.6) is 0 Å². The molecule has 0 atom stereocenters. The summed E-state index contributed by atoms with van der Waals surface area (Å²) in [6, 6.07) is 3.28. The Balaban J connectivity index is 1.29.